The summed E-state index contributed by atoms with van der Waals surface area (Å²) in [5.74, 6) is -1.29. The number of carboxylic acid groups (broad SMARTS) is 1. The largest absolute Gasteiger partial charge is 0.508 e. The van der Waals surface area contributed by atoms with Crippen LogP contribution in [-0.2, 0) is 6.54 Å². The zero-order valence-corrected chi connectivity index (χ0v) is 14.7. The van der Waals surface area contributed by atoms with Crippen molar-refractivity contribution >= 4 is 29.2 Å². The number of aromatic nitrogens is 2. The standard InChI is InChI=1S/C18H12Cl2N2O4/c19-12-4-1-11(15(20)7-12)9-22-17(24)14(18(25)26)8-16(21-22)10-2-5-13(23)6-3-10/h1-8,23H,9H2,(H,25,26). The number of aromatic carboxylic acids is 1. The van der Waals surface area contributed by atoms with Crippen molar-refractivity contribution in [3.05, 3.63) is 80.1 Å². The molecule has 0 saturated carbocycles. The van der Waals surface area contributed by atoms with Crippen molar-refractivity contribution in [2.45, 2.75) is 6.54 Å². The van der Waals surface area contributed by atoms with Crippen LogP contribution in [0.3, 0.4) is 0 Å². The molecular weight excluding hydrogens is 379 g/mol. The molecule has 0 atom stereocenters. The molecule has 1 heterocycles. The number of halogens is 2. The summed E-state index contributed by atoms with van der Waals surface area (Å²) in [5, 5.41) is 23.8. The molecule has 0 aliphatic carbocycles. The van der Waals surface area contributed by atoms with Crippen LogP contribution in [0.5, 0.6) is 5.75 Å². The summed E-state index contributed by atoms with van der Waals surface area (Å²) in [6.07, 6.45) is 0. The topological polar surface area (TPSA) is 92.4 Å². The molecule has 2 aromatic carbocycles. The Morgan fingerprint density at radius 2 is 1.77 bits per heavy atom. The number of phenols is 1. The lowest BCUT2D eigenvalue weighted by Crippen LogP contribution is -2.29. The van der Waals surface area contributed by atoms with Crippen molar-refractivity contribution < 1.29 is 15.0 Å². The third-order valence-corrected chi connectivity index (χ3v) is 4.29. The SMILES string of the molecule is O=C(O)c1cc(-c2ccc(O)cc2)nn(Cc2ccc(Cl)cc2Cl)c1=O. The number of hydrogen-bond acceptors (Lipinski definition) is 4. The fourth-order valence-corrected chi connectivity index (χ4v) is 2.85. The van der Waals surface area contributed by atoms with E-state index in [4.69, 9.17) is 23.2 Å². The van der Waals surface area contributed by atoms with Crippen LogP contribution in [0.2, 0.25) is 10.0 Å². The van der Waals surface area contributed by atoms with Crippen LogP contribution >= 0.6 is 23.2 Å². The van der Waals surface area contributed by atoms with E-state index in [1.807, 2.05) is 0 Å². The molecule has 0 amide bonds. The molecule has 0 radical (unpaired) electrons. The molecule has 0 spiro atoms. The van der Waals surface area contributed by atoms with E-state index in [0.29, 0.717) is 21.2 Å². The van der Waals surface area contributed by atoms with Gasteiger partial charge in [0.05, 0.1) is 12.2 Å². The highest BCUT2D eigenvalue weighted by molar-refractivity contribution is 6.35. The number of carbonyl (C=O) groups is 1. The molecule has 0 unspecified atom stereocenters. The first kappa shape index (κ1) is 18.0. The third kappa shape index (κ3) is 3.71. The highest BCUT2D eigenvalue weighted by Gasteiger charge is 2.16. The van der Waals surface area contributed by atoms with Crippen molar-refractivity contribution in [2.24, 2.45) is 0 Å². The molecule has 0 aliphatic rings. The molecule has 1 aromatic heterocycles. The number of rotatable bonds is 4. The zero-order valence-electron chi connectivity index (χ0n) is 13.2. The molecule has 0 aliphatic heterocycles. The zero-order chi connectivity index (χ0) is 18.8. The lowest BCUT2D eigenvalue weighted by molar-refractivity contribution is 0.0693. The number of phenolic OH excluding ortho intramolecular Hbond substituents is 1. The van der Waals surface area contributed by atoms with Gasteiger partial charge in [0.2, 0.25) is 0 Å². The van der Waals surface area contributed by atoms with Crippen LogP contribution in [0, 0.1) is 0 Å². The minimum Gasteiger partial charge on any atom is -0.508 e. The van der Waals surface area contributed by atoms with Crippen LogP contribution in [0.15, 0.2) is 53.3 Å². The van der Waals surface area contributed by atoms with E-state index in [2.05, 4.69) is 5.10 Å². The van der Waals surface area contributed by atoms with E-state index in [9.17, 15) is 19.8 Å². The quantitative estimate of drug-likeness (QED) is 0.708. The van der Waals surface area contributed by atoms with Crippen molar-refractivity contribution in [1.82, 2.24) is 9.78 Å². The Bertz CT molecular complexity index is 1050. The van der Waals surface area contributed by atoms with Crippen molar-refractivity contribution in [3.63, 3.8) is 0 Å². The van der Waals surface area contributed by atoms with Gasteiger partial charge in [-0.05, 0) is 48.0 Å². The van der Waals surface area contributed by atoms with Crippen LogP contribution < -0.4 is 5.56 Å². The first-order chi connectivity index (χ1) is 12.3. The van der Waals surface area contributed by atoms with Crippen LogP contribution in [-0.4, -0.2) is 26.0 Å². The van der Waals surface area contributed by atoms with Gasteiger partial charge in [-0.2, -0.15) is 5.10 Å². The number of nitrogens with zero attached hydrogens (tertiary/aromatic N) is 2. The van der Waals surface area contributed by atoms with Gasteiger partial charge >= 0.3 is 5.97 Å². The highest BCUT2D eigenvalue weighted by atomic mass is 35.5. The molecule has 3 aromatic rings. The number of benzene rings is 2. The van der Waals surface area contributed by atoms with Gasteiger partial charge in [-0.3, -0.25) is 4.79 Å². The second-order valence-corrected chi connectivity index (χ2v) is 6.34. The van der Waals surface area contributed by atoms with Crippen molar-refractivity contribution in [3.8, 4) is 17.0 Å². The molecule has 3 rings (SSSR count). The van der Waals surface area contributed by atoms with E-state index in [-0.39, 0.29) is 18.0 Å². The maximum absolute atomic E-state index is 12.4. The van der Waals surface area contributed by atoms with Gasteiger partial charge in [0, 0.05) is 15.6 Å². The molecule has 26 heavy (non-hydrogen) atoms. The van der Waals surface area contributed by atoms with Gasteiger partial charge in [0.1, 0.15) is 11.3 Å². The normalized spacial score (nSPS) is 10.7. The molecule has 6 nitrogen and oxygen atoms in total. The second kappa shape index (κ2) is 7.19. The lowest BCUT2D eigenvalue weighted by Gasteiger charge is -2.11. The van der Waals surface area contributed by atoms with E-state index in [0.717, 1.165) is 4.68 Å². The summed E-state index contributed by atoms with van der Waals surface area (Å²) in [4.78, 5) is 23.9. The summed E-state index contributed by atoms with van der Waals surface area (Å²) < 4.78 is 1.04. The Kier molecular flexibility index (Phi) is 4.97. The Morgan fingerprint density at radius 3 is 2.38 bits per heavy atom. The first-order valence-electron chi connectivity index (χ1n) is 7.44. The number of carboxylic acids is 1. The molecular formula is C18H12Cl2N2O4. The lowest BCUT2D eigenvalue weighted by atomic mass is 10.1. The van der Waals surface area contributed by atoms with Gasteiger partial charge in [-0.15, -0.1) is 0 Å². The van der Waals surface area contributed by atoms with Crippen LogP contribution in [0.25, 0.3) is 11.3 Å². The Balaban J connectivity index is 2.13. The summed E-state index contributed by atoms with van der Waals surface area (Å²) >= 11 is 12.0. The summed E-state index contributed by atoms with van der Waals surface area (Å²) in [6.45, 7) is -0.0129. The van der Waals surface area contributed by atoms with Gasteiger partial charge in [-0.1, -0.05) is 29.3 Å². The van der Waals surface area contributed by atoms with Crippen molar-refractivity contribution in [2.75, 3.05) is 0 Å². The van der Waals surface area contributed by atoms with E-state index in [1.54, 1.807) is 24.3 Å². The summed E-state index contributed by atoms with van der Waals surface area (Å²) in [5.41, 5.74) is 0.261. The monoisotopic (exact) mass is 390 g/mol. The molecule has 0 fully saturated rings. The molecule has 132 valence electrons. The molecule has 2 N–H and O–H groups in total. The minimum absolute atomic E-state index is 0.0129. The minimum atomic E-state index is -1.35. The third-order valence-electron chi connectivity index (χ3n) is 3.70. The first-order valence-corrected chi connectivity index (χ1v) is 8.19. The van der Waals surface area contributed by atoms with Crippen LogP contribution in [0.1, 0.15) is 15.9 Å². The van der Waals surface area contributed by atoms with E-state index in [1.165, 1.54) is 24.3 Å². The molecule has 0 saturated heterocycles. The second-order valence-electron chi connectivity index (χ2n) is 5.49. The van der Waals surface area contributed by atoms with E-state index >= 15 is 0 Å². The smallest absolute Gasteiger partial charge is 0.341 e. The Labute approximate surface area is 157 Å². The average Bonchev–Trinajstić information content (AvgIpc) is 2.59. The number of hydrogen-bond donors (Lipinski definition) is 2. The maximum atomic E-state index is 12.4. The summed E-state index contributed by atoms with van der Waals surface area (Å²) in [7, 11) is 0. The average molecular weight is 391 g/mol. The Morgan fingerprint density at radius 1 is 1.08 bits per heavy atom. The highest BCUT2D eigenvalue weighted by Crippen LogP contribution is 2.23. The predicted molar refractivity (Wildman–Crippen MR) is 98.1 cm³/mol. The maximum Gasteiger partial charge on any atom is 0.341 e. The molecule has 8 heteroatoms. The van der Waals surface area contributed by atoms with Gasteiger partial charge in [-0.25, -0.2) is 9.48 Å². The van der Waals surface area contributed by atoms with E-state index < -0.39 is 17.1 Å². The number of aromatic hydroxyl groups is 1. The van der Waals surface area contributed by atoms with Crippen LogP contribution in [0.4, 0.5) is 0 Å². The fourth-order valence-electron chi connectivity index (χ4n) is 2.39. The van der Waals surface area contributed by atoms with Gasteiger partial charge in [0.25, 0.3) is 5.56 Å². The van der Waals surface area contributed by atoms with Gasteiger partial charge < -0.3 is 10.2 Å². The predicted octanol–water partition coefficient (Wildman–Crippen LogP) is 3.67. The van der Waals surface area contributed by atoms with Gasteiger partial charge in [0.15, 0.2) is 0 Å². The molecule has 0 bridgehead atoms. The summed E-state index contributed by atoms with van der Waals surface area (Å²) in [6, 6.07) is 12.1. The fraction of sp³-hybridized carbons (Fsp3) is 0.0556. The Hall–Kier alpha value is -2.83. The van der Waals surface area contributed by atoms with Crippen molar-refractivity contribution in [1.29, 1.82) is 0 Å².